The molecule has 0 radical (unpaired) electrons. The Morgan fingerprint density at radius 1 is 1.25 bits per heavy atom. The van der Waals surface area contributed by atoms with E-state index in [0.29, 0.717) is 17.1 Å². The van der Waals surface area contributed by atoms with Gasteiger partial charge in [0.05, 0.1) is 17.4 Å². The maximum atomic E-state index is 13.1. The maximum absolute atomic E-state index is 13.1. The van der Waals surface area contributed by atoms with Crippen LogP contribution in [0.2, 0.25) is 0 Å². The molecule has 3 aromatic rings. The number of hydrogen-bond acceptors (Lipinski definition) is 3. The van der Waals surface area contributed by atoms with Gasteiger partial charge in [-0.05, 0) is 36.5 Å². The van der Waals surface area contributed by atoms with Gasteiger partial charge in [0.15, 0.2) is 5.65 Å². The number of carbonyl (C=O) groups is 1. The molecule has 2 aliphatic rings. The van der Waals surface area contributed by atoms with E-state index in [1.54, 1.807) is 12.5 Å². The van der Waals surface area contributed by atoms with Gasteiger partial charge in [-0.25, -0.2) is 9.97 Å². The molecule has 1 amide bonds. The van der Waals surface area contributed by atoms with Crippen LogP contribution in [0.3, 0.4) is 0 Å². The molecule has 5 rings (SSSR count). The van der Waals surface area contributed by atoms with Gasteiger partial charge in [-0.1, -0.05) is 24.3 Å². The molecule has 1 unspecified atom stereocenters. The second-order valence-corrected chi connectivity index (χ2v) is 6.72. The van der Waals surface area contributed by atoms with E-state index < -0.39 is 0 Å². The van der Waals surface area contributed by atoms with E-state index in [4.69, 9.17) is 0 Å². The SMILES string of the molecule is O=C(c1cnc2nc[nH]c2c1)N1CCC[C@@H]2c3ccccc3CC21. The lowest BCUT2D eigenvalue weighted by atomic mass is 9.88. The molecule has 1 fully saturated rings. The molecule has 0 spiro atoms. The van der Waals surface area contributed by atoms with E-state index >= 15 is 0 Å². The highest BCUT2D eigenvalue weighted by atomic mass is 16.2. The summed E-state index contributed by atoms with van der Waals surface area (Å²) < 4.78 is 0. The van der Waals surface area contributed by atoms with Crippen LogP contribution in [-0.2, 0) is 6.42 Å². The predicted octanol–water partition coefficient (Wildman–Crippen LogP) is 2.90. The van der Waals surface area contributed by atoms with E-state index in [0.717, 1.165) is 24.9 Å². The van der Waals surface area contributed by atoms with Crippen LogP contribution < -0.4 is 0 Å². The Kier molecular flexibility index (Phi) is 2.95. The minimum Gasteiger partial charge on any atom is -0.343 e. The average molecular weight is 318 g/mol. The zero-order valence-electron chi connectivity index (χ0n) is 13.3. The Labute approximate surface area is 139 Å². The molecule has 5 heteroatoms. The number of nitrogens with zero attached hydrogens (tertiary/aromatic N) is 3. The third-order valence-corrected chi connectivity index (χ3v) is 5.44. The van der Waals surface area contributed by atoms with E-state index in [1.807, 2.05) is 6.07 Å². The number of carbonyl (C=O) groups excluding carboxylic acids is 1. The highest BCUT2D eigenvalue weighted by Crippen LogP contribution is 2.42. The first-order valence-corrected chi connectivity index (χ1v) is 8.49. The summed E-state index contributed by atoms with van der Waals surface area (Å²) in [6.45, 7) is 0.828. The van der Waals surface area contributed by atoms with Gasteiger partial charge in [-0.3, -0.25) is 4.79 Å². The molecule has 1 aromatic carbocycles. The number of piperidine rings is 1. The third-order valence-electron chi connectivity index (χ3n) is 5.44. The van der Waals surface area contributed by atoms with Crippen molar-refractivity contribution in [2.75, 3.05) is 6.54 Å². The maximum Gasteiger partial charge on any atom is 0.255 e. The number of pyridine rings is 1. The van der Waals surface area contributed by atoms with Crippen LogP contribution in [0.15, 0.2) is 42.9 Å². The quantitative estimate of drug-likeness (QED) is 0.750. The van der Waals surface area contributed by atoms with E-state index in [9.17, 15) is 4.79 Å². The zero-order chi connectivity index (χ0) is 16.1. The van der Waals surface area contributed by atoms with Gasteiger partial charge >= 0.3 is 0 Å². The monoisotopic (exact) mass is 318 g/mol. The topological polar surface area (TPSA) is 61.9 Å². The van der Waals surface area contributed by atoms with Gasteiger partial charge < -0.3 is 9.88 Å². The van der Waals surface area contributed by atoms with Crippen molar-refractivity contribution in [3.8, 4) is 0 Å². The van der Waals surface area contributed by atoms with Crippen molar-refractivity contribution in [3.05, 3.63) is 59.5 Å². The van der Waals surface area contributed by atoms with Crippen LogP contribution >= 0.6 is 0 Å². The number of hydrogen-bond donors (Lipinski definition) is 1. The molecule has 0 bridgehead atoms. The minimum atomic E-state index is 0.0847. The lowest BCUT2D eigenvalue weighted by Crippen LogP contribution is -2.46. The summed E-state index contributed by atoms with van der Waals surface area (Å²) in [5, 5.41) is 0. The number of likely N-dealkylation sites (tertiary alicyclic amines) is 1. The Balaban J connectivity index is 1.49. The highest BCUT2D eigenvalue weighted by Gasteiger charge is 2.40. The number of amides is 1. The zero-order valence-corrected chi connectivity index (χ0v) is 13.3. The number of benzene rings is 1. The van der Waals surface area contributed by atoms with Crippen molar-refractivity contribution in [1.29, 1.82) is 0 Å². The van der Waals surface area contributed by atoms with Crippen molar-refractivity contribution in [1.82, 2.24) is 19.9 Å². The molecule has 120 valence electrons. The number of aromatic nitrogens is 3. The first-order chi connectivity index (χ1) is 11.8. The molecule has 2 atom stereocenters. The summed E-state index contributed by atoms with van der Waals surface area (Å²) >= 11 is 0. The van der Waals surface area contributed by atoms with Crippen LogP contribution in [0, 0.1) is 0 Å². The Morgan fingerprint density at radius 3 is 3.12 bits per heavy atom. The Bertz CT molecular complexity index is 932. The molecule has 24 heavy (non-hydrogen) atoms. The number of fused-ring (bicyclic) bond motifs is 4. The molecular formula is C19H18N4O. The largest absolute Gasteiger partial charge is 0.343 e. The molecule has 5 nitrogen and oxygen atoms in total. The molecule has 1 saturated heterocycles. The summed E-state index contributed by atoms with van der Waals surface area (Å²) in [6, 6.07) is 10.8. The molecule has 1 aliphatic heterocycles. The summed E-state index contributed by atoms with van der Waals surface area (Å²) in [6.07, 6.45) is 6.45. The average Bonchev–Trinajstić information content (AvgIpc) is 3.24. The molecule has 3 heterocycles. The summed E-state index contributed by atoms with van der Waals surface area (Å²) in [7, 11) is 0. The smallest absolute Gasteiger partial charge is 0.255 e. The highest BCUT2D eigenvalue weighted by molar-refractivity contribution is 5.96. The second-order valence-electron chi connectivity index (χ2n) is 6.72. The molecule has 1 N–H and O–H groups in total. The van der Waals surface area contributed by atoms with Crippen LogP contribution in [0.5, 0.6) is 0 Å². The fourth-order valence-electron chi connectivity index (χ4n) is 4.34. The summed E-state index contributed by atoms with van der Waals surface area (Å²) in [5.74, 6) is 0.559. The van der Waals surface area contributed by atoms with Gasteiger partial charge in [0, 0.05) is 24.7 Å². The summed E-state index contributed by atoms with van der Waals surface area (Å²) in [5.41, 5.74) is 4.93. The van der Waals surface area contributed by atoms with Gasteiger partial charge in [0.2, 0.25) is 0 Å². The third kappa shape index (κ3) is 1.97. The van der Waals surface area contributed by atoms with Gasteiger partial charge in [0.1, 0.15) is 0 Å². The van der Waals surface area contributed by atoms with Crippen LogP contribution in [0.1, 0.15) is 40.2 Å². The number of rotatable bonds is 1. The lowest BCUT2D eigenvalue weighted by Gasteiger charge is -2.38. The van der Waals surface area contributed by atoms with Crippen molar-refractivity contribution >= 4 is 17.1 Å². The van der Waals surface area contributed by atoms with Crippen molar-refractivity contribution in [2.45, 2.75) is 31.2 Å². The van der Waals surface area contributed by atoms with Crippen LogP contribution in [0.4, 0.5) is 0 Å². The van der Waals surface area contributed by atoms with Crippen molar-refractivity contribution in [3.63, 3.8) is 0 Å². The van der Waals surface area contributed by atoms with E-state index in [2.05, 4.69) is 44.1 Å². The molecular weight excluding hydrogens is 300 g/mol. The predicted molar refractivity (Wildman–Crippen MR) is 90.8 cm³/mol. The number of imidazole rings is 1. The number of H-pyrrole nitrogens is 1. The normalized spacial score (nSPS) is 22.4. The first-order valence-electron chi connectivity index (χ1n) is 8.49. The fraction of sp³-hybridized carbons (Fsp3) is 0.316. The van der Waals surface area contributed by atoms with E-state index in [-0.39, 0.29) is 11.9 Å². The van der Waals surface area contributed by atoms with Crippen molar-refractivity contribution < 1.29 is 4.79 Å². The van der Waals surface area contributed by atoms with E-state index in [1.165, 1.54) is 17.5 Å². The van der Waals surface area contributed by atoms with Crippen LogP contribution in [-0.4, -0.2) is 38.3 Å². The van der Waals surface area contributed by atoms with Gasteiger partial charge in [0.25, 0.3) is 5.91 Å². The standard InChI is InChI=1S/C19H18N4O/c24-19(13-8-16-18(20-10-13)22-11-21-16)23-7-3-6-15-14-5-2-1-4-12(14)9-17(15)23/h1-2,4-5,8,10-11,15,17H,3,6-7,9H2,(H,20,21,22)/t15-,17?/m1/s1. The van der Waals surface area contributed by atoms with Crippen molar-refractivity contribution in [2.24, 2.45) is 0 Å². The summed E-state index contributed by atoms with van der Waals surface area (Å²) in [4.78, 5) is 26.6. The lowest BCUT2D eigenvalue weighted by molar-refractivity contribution is 0.0595. The molecule has 1 aliphatic carbocycles. The number of aromatic amines is 1. The molecule has 2 aromatic heterocycles. The molecule has 0 saturated carbocycles. The second kappa shape index (κ2) is 5.16. The number of nitrogens with one attached hydrogen (secondary N) is 1. The fourth-order valence-corrected chi connectivity index (χ4v) is 4.34. The van der Waals surface area contributed by atoms with Crippen LogP contribution in [0.25, 0.3) is 11.2 Å². The Morgan fingerprint density at radius 2 is 2.17 bits per heavy atom. The minimum absolute atomic E-state index is 0.0847. The Hall–Kier alpha value is -2.69. The first kappa shape index (κ1) is 13.7. The van der Waals surface area contributed by atoms with Gasteiger partial charge in [-0.15, -0.1) is 0 Å². The van der Waals surface area contributed by atoms with Gasteiger partial charge in [-0.2, -0.15) is 0 Å².